The highest BCUT2D eigenvalue weighted by molar-refractivity contribution is 5.93. The summed E-state index contributed by atoms with van der Waals surface area (Å²) in [6.45, 7) is 2.89. The molecule has 12 atom stereocenters. The molecule has 2 aliphatic rings. The van der Waals surface area contributed by atoms with Crippen molar-refractivity contribution in [2.24, 2.45) is 28.7 Å². The Labute approximate surface area is 253 Å². The van der Waals surface area contributed by atoms with Crippen LogP contribution in [-0.4, -0.2) is 153 Å². The molecule has 0 aromatic heterocycles. The number of nitrogens with zero attached hydrogens (tertiary/aromatic N) is 1. The standard InChI is InChI=1S/C25H47N7O12/c1-25(2,3)31-22(40)12(32(7-15(35)36)23(41)11(29)5-14(33)34)8-42-21-17(37)9(27)4-10(28)20(21)44-24-16(30)19(39)18(38)13(6-26)43-24/h9-13,16-21,24,37-39H,4-8,26-30H2,1-3H3,(H,31,40)(H,33,34)(H,35,36)/t9-,10+,11+,12?,13-,16-,17+,18-,19-,20-,21-,24-/m1/s1. The van der Waals surface area contributed by atoms with Gasteiger partial charge in [0.2, 0.25) is 11.8 Å². The van der Waals surface area contributed by atoms with Crippen LogP contribution in [0.4, 0.5) is 0 Å². The molecular weight excluding hydrogens is 590 g/mol. The van der Waals surface area contributed by atoms with Gasteiger partial charge in [-0.1, -0.05) is 0 Å². The number of amides is 2. The fourth-order valence-electron chi connectivity index (χ4n) is 5.00. The number of ether oxygens (including phenoxy) is 3. The van der Waals surface area contributed by atoms with Gasteiger partial charge in [-0.25, -0.2) is 0 Å². The summed E-state index contributed by atoms with van der Waals surface area (Å²) >= 11 is 0. The third kappa shape index (κ3) is 9.72. The molecule has 0 spiro atoms. The van der Waals surface area contributed by atoms with Gasteiger partial charge in [0.1, 0.15) is 43.1 Å². The number of nitrogens with two attached hydrogens (primary N) is 5. The molecule has 1 unspecified atom stereocenters. The number of carboxylic acids is 2. The lowest BCUT2D eigenvalue weighted by Gasteiger charge is -2.47. The first-order valence-electron chi connectivity index (χ1n) is 14.0. The zero-order valence-electron chi connectivity index (χ0n) is 24.9. The smallest absolute Gasteiger partial charge is 0.323 e. The van der Waals surface area contributed by atoms with Gasteiger partial charge in [0.05, 0.1) is 31.2 Å². The maximum atomic E-state index is 13.4. The Morgan fingerprint density at radius 1 is 0.977 bits per heavy atom. The number of carboxylic acid groups (broad SMARTS) is 2. The number of carbonyl (C=O) groups excluding carboxylic acids is 2. The van der Waals surface area contributed by atoms with Gasteiger partial charge in [-0.05, 0) is 27.2 Å². The van der Waals surface area contributed by atoms with Crippen molar-refractivity contribution in [1.82, 2.24) is 10.2 Å². The Morgan fingerprint density at radius 2 is 1.59 bits per heavy atom. The van der Waals surface area contributed by atoms with E-state index in [9.17, 15) is 39.6 Å². The highest BCUT2D eigenvalue weighted by Gasteiger charge is 2.49. The summed E-state index contributed by atoms with van der Waals surface area (Å²) in [6.07, 6.45) is -10.3. The number of carbonyl (C=O) groups is 4. The molecule has 1 aliphatic heterocycles. The summed E-state index contributed by atoms with van der Waals surface area (Å²) in [4.78, 5) is 50.1. The maximum Gasteiger partial charge on any atom is 0.323 e. The lowest BCUT2D eigenvalue weighted by atomic mass is 9.84. The fourth-order valence-corrected chi connectivity index (χ4v) is 5.00. The summed E-state index contributed by atoms with van der Waals surface area (Å²) < 4.78 is 17.5. The normalized spacial score (nSPS) is 34.1. The first-order chi connectivity index (χ1) is 20.3. The van der Waals surface area contributed by atoms with Crippen LogP contribution in [0.25, 0.3) is 0 Å². The van der Waals surface area contributed by atoms with Crippen LogP contribution < -0.4 is 34.0 Å². The predicted octanol–water partition coefficient (Wildman–Crippen LogP) is -6.09. The van der Waals surface area contributed by atoms with E-state index in [2.05, 4.69) is 5.32 Å². The van der Waals surface area contributed by atoms with Crippen LogP contribution >= 0.6 is 0 Å². The number of aliphatic carboxylic acids is 2. The van der Waals surface area contributed by atoms with Crippen molar-refractivity contribution in [3.05, 3.63) is 0 Å². The van der Waals surface area contributed by atoms with E-state index in [0.29, 0.717) is 4.90 Å². The van der Waals surface area contributed by atoms with Crippen molar-refractivity contribution in [3.63, 3.8) is 0 Å². The van der Waals surface area contributed by atoms with Crippen molar-refractivity contribution in [2.75, 3.05) is 19.7 Å². The Kier molecular flexibility index (Phi) is 13.4. The van der Waals surface area contributed by atoms with Gasteiger partial charge in [0.15, 0.2) is 6.29 Å². The molecule has 0 bridgehead atoms. The van der Waals surface area contributed by atoms with E-state index >= 15 is 0 Å². The second kappa shape index (κ2) is 15.6. The van der Waals surface area contributed by atoms with E-state index in [1.165, 1.54) is 0 Å². The van der Waals surface area contributed by atoms with E-state index in [0.717, 1.165) is 0 Å². The van der Waals surface area contributed by atoms with Crippen molar-refractivity contribution < 1.29 is 58.9 Å². The van der Waals surface area contributed by atoms with E-state index in [-0.39, 0.29) is 13.0 Å². The van der Waals surface area contributed by atoms with Crippen LogP contribution in [-0.2, 0) is 33.4 Å². The molecule has 0 aromatic carbocycles. The zero-order chi connectivity index (χ0) is 33.7. The summed E-state index contributed by atoms with van der Waals surface area (Å²) in [5.41, 5.74) is 28.9. The van der Waals surface area contributed by atoms with Crippen LogP contribution in [0.2, 0.25) is 0 Å². The monoisotopic (exact) mass is 637 g/mol. The van der Waals surface area contributed by atoms with E-state index in [1.807, 2.05) is 0 Å². The molecule has 1 saturated heterocycles. The molecule has 0 aromatic rings. The first kappa shape index (κ1) is 37.6. The molecule has 254 valence electrons. The van der Waals surface area contributed by atoms with E-state index in [4.69, 9.17) is 48.0 Å². The number of nitrogens with one attached hydrogen (secondary N) is 1. The van der Waals surface area contributed by atoms with Gasteiger partial charge >= 0.3 is 11.9 Å². The first-order valence-corrected chi connectivity index (χ1v) is 14.0. The number of hydrogen-bond donors (Lipinski definition) is 11. The minimum absolute atomic E-state index is 0.0285. The topological polar surface area (TPSA) is 342 Å². The van der Waals surface area contributed by atoms with Crippen LogP contribution in [0, 0.1) is 0 Å². The van der Waals surface area contributed by atoms with Gasteiger partial charge in [0, 0.05) is 24.2 Å². The van der Waals surface area contributed by atoms with E-state index < -0.39 is 122 Å². The minimum Gasteiger partial charge on any atom is -0.481 e. The molecule has 1 heterocycles. The quantitative estimate of drug-likeness (QED) is 0.0894. The van der Waals surface area contributed by atoms with Gasteiger partial charge in [-0.15, -0.1) is 0 Å². The third-order valence-corrected chi connectivity index (χ3v) is 7.26. The second-order valence-corrected chi connectivity index (χ2v) is 12.1. The Balaban J connectivity index is 2.43. The zero-order valence-corrected chi connectivity index (χ0v) is 24.9. The summed E-state index contributed by atoms with van der Waals surface area (Å²) in [7, 11) is 0. The average molecular weight is 638 g/mol. The van der Waals surface area contributed by atoms with Crippen LogP contribution in [0.1, 0.15) is 33.6 Å². The van der Waals surface area contributed by atoms with Crippen molar-refractivity contribution >= 4 is 23.8 Å². The molecule has 19 nitrogen and oxygen atoms in total. The van der Waals surface area contributed by atoms with Crippen molar-refractivity contribution in [2.45, 2.75) is 112 Å². The van der Waals surface area contributed by atoms with Gasteiger partial charge in [-0.2, -0.15) is 0 Å². The van der Waals surface area contributed by atoms with Crippen LogP contribution in [0.3, 0.4) is 0 Å². The molecule has 44 heavy (non-hydrogen) atoms. The highest BCUT2D eigenvalue weighted by Crippen LogP contribution is 2.29. The molecule has 1 aliphatic carbocycles. The largest absolute Gasteiger partial charge is 0.481 e. The molecule has 2 rings (SSSR count). The number of hydrogen-bond acceptors (Lipinski definition) is 15. The van der Waals surface area contributed by atoms with Gasteiger partial charge in [0.25, 0.3) is 0 Å². The average Bonchev–Trinajstić information content (AvgIpc) is 2.90. The Morgan fingerprint density at radius 3 is 2.11 bits per heavy atom. The summed E-state index contributed by atoms with van der Waals surface area (Å²) in [6, 6.07) is -6.53. The van der Waals surface area contributed by atoms with Crippen LogP contribution in [0.5, 0.6) is 0 Å². The molecule has 2 amide bonds. The molecule has 16 N–H and O–H groups in total. The second-order valence-electron chi connectivity index (χ2n) is 12.1. The number of aliphatic hydroxyl groups is 3. The van der Waals surface area contributed by atoms with Crippen molar-refractivity contribution in [1.29, 1.82) is 0 Å². The number of aliphatic hydroxyl groups excluding tert-OH is 3. The Hall–Kier alpha value is -2.56. The third-order valence-electron chi connectivity index (χ3n) is 7.26. The molecule has 1 saturated carbocycles. The number of rotatable bonds is 13. The molecular formula is C25H47N7O12. The van der Waals surface area contributed by atoms with Crippen molar-refractivity contribution in [3.8, 4) is 0 Å². The lowest BCUT2D eigenvalue weighted by molar-refractivity contribution is -0.291. The fraction of sp³-hybridized carbons (Fsp3) is 0.840. The molecule has 0 radical (unpaired) electrons. The van der Waals surface area contributed by atoms with E-state index in [1.54, 1.807) is 20.8 Å². The Bertz CT molecular complexity index is 1010. The molecule has 19 heteroatoms. The summed E-state index contributed by atoms with van der Waals surface area (Å²) in [5, 5.41) is 52.8. The lowest BCUT2D eigenvalue weighted by Crippen LogP contribution is -2.68. The summed E-state index contributed by atoms with van der Waals surface area (Å²) in [5.74, 6) is -4.98. The molecule has 2 fully saturated rings. The minimum atomic E-state index is -1.70. The maximum absolute atomic E-state index is 13.4. The van der Waals surface area contributed by atoms with Gasteiger partial charge < -0.3 is 78.6 Å². The SMILES string of the molecule is CC(C)(C)NC(=O)C(CO[C@@H]1[C@@H](O)[C@H](N)C[C@H](N)[C@H]1O[C@H]1O[C@H](CN)[C@@H](O)[C@H](O)[C@H]1N)N(CC(=O)O)C(=O)[C@@H](N)CC(=O)O. The predicted molar refractivity (Wildman–Crippen MR) is 150 cm³/mol. The van der Waals surface area contributed by atoms with Gasteiger partial charge in [-0.3, -0.25) is 19.2 Å². The van der Waals surface area contributed by atoms with Crippen LogP contribution in [0.15, 0.2) is 0 Å². The highest BCUT2D eigenvalue weighted by atomic mass is 16.7.